The second-order valence-electron chi connectivity index (χ2n) is 7.52. The molecular weight excluding hydrogens is 366 g/mol. The third kappa shape index (κ3) is 4.88. The minimum atomic E-state index is 0.0894. The number of hydrogen-bond acceptors (Lipinski definition) is 4. The second kappa shape index (κ2) is 8.99. The molecule has 2 amide bonds. The number of ether oxygens (including phenoxy) is 1. The number of piperazine rings is 1. The van der Waals surface area contributed by atoms with Crippen LogP contribution in [0.2, 0.25) is 0 Å². The average molecular weight is 393 g/mol. The van der Waals surface area contributed by atoms with Gasteiger partial charge < -0.3 is 19.9 Å². The Morgan fingerprint density at radius 3 is 2.59 bits per heavy atom. The Labute approximate surface area is 171 Å². The molecule has 0 bridgehead atoms. The van der Waals surface area contributed by atoms with Gasteiger partial charge in [-0.25, -0.2) is 0 Å². The maximum Gasteiger partial charge on any atom is 0.224 e. The van der Waals surface area contributed by atoms with Crippen LogP contribution in [0, 0.1) is 0 Å². The lowest BCUT2D eigenvalue weighted by atomic mass is 10.0. The van der Waals surface area contributed by atoms with Crippen LogP contribution in [0.3, 0.4) is 0 Å². The molecule has 0 atom stereocenters. The van der Waals surface area contributed by atoms with Gasteiger partial charge in [0.25, 0.3) is 0 Å². The van der Waals surface area contributed by atoms with Crippen molar-refractivity contribution in [3.05, 3.63) is 54.1 Å². The van der Waals surface area contributed by atoms with Crippen LogP contribution in [-0.2, 0) is 16.0 Å². The topological polar surface area (TPSA) is 61.9 Å². The minimum absolute atomic E-state index is 0.0894. The summed E-state index contributed by atoms with van der Waals surface area (Å²) in [7, 11) is 0. The first-order valence-electron chi connectivity index (χ1n) is 10.3. The molecule has 0 spiro atoms. The van der Waals surface area contributed by atoms with Crippen molar-refractivity contribution in [1.82, 2.24) is 4.90 Å². The van der Waals surface area contributed by atoms with Crippen LogP contribution in [0.5, 0.6) is 5.75 Å². The molecule has 2 aliphatic rings. The van der Waals surface area contributed by atoms with Gasteiger partial charge in [0.15, 0.2) is 0 Å². The fraction of sp³-hybridized carbons (Fsp3) is 0.391. The van der Waals surface area contributed by atoms with Gasteiger partial charge in [-0.1, -0.05) is 18.2 Å². The lowest BCUT2D eigenvalue weighted by molar-refractivity contribution is -0.131. The van der Waals surface area contributed by atoms with Crippen molar-refractivity contribution < 1.29 is 14.3 Å². The van der Waals surface area contributed by atoms with Gasteiger partial charge in [-0.05, 0) is 48.7 Å². The van der Waals surface area contributed by atoms with Crippen molar-refractivity contribution in [2.45, 2.75) is 25.7 Å². The van der Waals surface area contributed by atoms with Crippen LogP contribution in [0.1, 0.15) is 24.8 Å². The average Bonchev–Trinajstić information content (AvgIpc) is 2.77. The molecule has 0 saturated carbocycles. The van der Waals surface area contributed by atoms with Gasteiger partial charge in [0.05, 0.1) is 6.61 Å². The number of hydrogen-bond donors (Lipinski definition) is 1. The maximum atomic E-state index is 12.5. The molecule has 29 heavy (non-hydrogen) atoms. The molecule has 2 aromatic rings. The number of fused-ring (bicyclic) bond motifs is 1. The van der Waals surface area contributed by atoms with Crippen molar-refractivity contribution in [3.8, 4) is 5.75 Å². The summed E-state index contributed by atoms with van der Waals surface area (Å²) in [5.41, 5.74) is 3.29. The summed E-state index contributed by atoms with van der Waals surface area (Å²) in [6, 6.07) is 15.9. The number of carbonyl (C=O) groups excluding carboxylic acids is 2. The zero-order valence-corrected chi connectivity index (χ0v) is 16.6. The normalized spacial score (nSPS) is 16.2. The molecule has 6 heteroatoms. The van der Waals surface area contributed by atoms with Gasteiger partial charge in [-0.3, -0.25) is 9.59 Å². The summed E-state index contributed by atoms with van der Waals surface area (Å²) in [5.74, 6) is 1.14. The number of benzene rings is 2. The molecule has 2 aromatic carbocycles. The van der Waals surface area contributed by atoms with Crippen LogP contribution in [0.4, 0.5) is 11.4 Å². The van der Waals surface area contributed by atoms with E-state index in [0.717, 1.165) is 50.5 Å². The van der Waals surface area contributed by atoms with Crippen LogP contribution < -0.4 is 15.0 Å². The smallest absolute Gasteiger partial charge is 0.224 e. The Kier molecular flexibility index (Phi) is 5.98. The summed E-state index contributed by atoms with van der Waals surface area (Å²) >= 11 is 0. The largest absolute Gasteiger partial charge is 0.494 e. The predicted molar refractivity (Wildman–Crippen MR) is 113 cm³/mol. The van der Waals surface area contributed by atoms with E-state index < -0.39 is 0 Å². The van der Waals surface area contributed by atoms with Crippen molar-refractivity contribution in [2.75, 3.05) is 43.0 Å². The molecule has 1 saturated heterocycles. The Bertz CT molecular complexity index is 861. The fourth-order valence-electron chi connectivity index (χ4n) is 3.87. The number of rotatable bonds is 6. The Morgan fingerprint density at radius 2 is 1.79 bits per heavy atom. The molecule has 4 rings (SSSR count). The van der Waals surface area contributed by atoms with Crippen molar-refractivity contribution in [2.24, 2.45) is 0 Å². The van der Waals surface area contributed by atoms with E-state index in [-0.39, 0.29) is 11.8 Å². The van der Waals surface area contributed by atoms with Gasteiger partial charge in [0.2, 0.25) is 11.8 Å². The number of nitrogens with zero attached hydrogens (tertiary/aromatic N) is 2. The number of anilines is 2. The third-order valence-corrected chi connectivity index (χ3v) is 5.53. The summed E-state index contributed by atoms with van der Waals surface area (Å²) in [5, 5.41) is 2.93. The number of carbonyl (C=O) groups is 2. The lowest BCUT2D eigenvalue weighted by Crippen LogP contribution is -2.48. The SMILES string of the molecule is O=C1CCc2cc(N3CCN(C(=O)CCCOc4ccccc4)CC3)ccc2N1. The van der Waals surface area contributed by atoms with E-state index in [1.165, 1.54) is 11.3 Å². The quantitative estimate of drug-likeness (QED) is 0.766. The van der Waals surface area contributed by atoms with Crippen molar-refractivity contribution in [3.63, 3.8) is 0 Å². The lowest BCUT2D eigenvalue weighted by Gasteiger charge is -2.36. The second-order valence-corrected chi connectivity index (χ2v) is 7.52. The third-order valence-electron chi connectivity index (χ3n) is 5.53. The minimum Gasteiger partial charge on any atom is -0.494 e. The number of para-hydroxylation sites is 1. The van der Waals surface area contributed by atoms with Crippen LogP contribution >= 0.6 is 0 Å². The summed E-state index contributed by atoms with van der Waals surface area (Å²) in [6.45, 7) is 3.70. The highest BCUT2D eigenvalue weighted by atomic mass is 16.5. The van der Waals surface area contributed by atoms with Gasteiger partial charge in [-0.2, -0.15) is 0 Å². The van der Waals surface area contributed by atoms with Gasteiger partial charge in [0.1, 0.15) is 5.75 Å². The fourth-order valence-corrected chi connectivity index (χ4v) is 3.87. The molecule has 0 unspecified atom stereocenters. The number of aryl methyl sites for hydroxylation is 1. The van der Waals surface area contributed by atoms with E-state index in [0.29, 0.717) is 19.4 Å². The Hall–Kier alpha value is -3.02. The Morgan fingerprint density at radius 1 is 1.00 bits per heavy atom. The standard InChI is InChI=1S/C23H27N3O3/c27-22-11-8-18-17-19(9-10-21(18)24-22)25-12-14-26(15-13-25)23(28)7-4-16-29-20-5-2-1-3-6-20/h1-3,5-6,9-10,17H,4,7-8,11-16H2,(H,24,27). The van der Waals surface area contributed by atoms with Crippen molar-refractivity contribution >= 4 is 23.2 Å². The van der Waals surface area contributed by atoms with Gasteiger partial charge in [0, 0.05) is 50.4 Å². The molecular formula is C23H27N3O3. The van der Waals surface area contributed by atoms with E-state index in [4.69, 9.17) is 4.74 Å². The molecule has 2 aliphatic heterocycles. The van der Waals surface area contributed by atoms with Crippen LogP contribution in [0.15, 0.2) is 48.5 Å². The zero-order chi connectivity index (χ0) is 20.1. The summed E-state index contributed by atoms with van der Waals surface area (Å²) < 4.78 is 5.67. The first-order valence-corrected chi connectivity index (χ1v) is 10.3. The van der Waals surface area contributed by atoms with Crippen LogP contribution in [-0.4, -0.2) is 49.5 Å². The van der Waals surface area contributed by atoms with E-state index in [1.54, 1.807) is 0 Å². The van der Waals surface area contributed by atoms with Gasteiger partial charge >= 0.3 is 0 Å². The predicted octanol–water partition coefficient (Wildman–Crippen LogP) is 3.08. The highest BCUT2D eigenvalue weighted by Crippen LogP contribution is 2.28. The van der Waals surface area contributed by atoms with Crippen molar-refractivity contribution in [1.29, 1.82) is 0 Å². The number of amides is 2. The van der Waals surface area contributed by atoms with E-state index in [2.05, 4.69) is 22.3 Å². The first kappa shape index (κ1) is 19.3. The molecule has 0 radical (unpaired) electrons. The first-order chi connectivity index (χ1) is 14.2. The zero-order valence-electron chi connectivity index (χ0n) is 16.6. The number of nitrogens with one attached hydrogen (secondary N) is 1. The van der Waals surface area contributed by atoms with E-state index >= 15 is 0 Å². The highest BCUT2D eigenvalue weighted by Gasteiger charge is 2.22. The maximum absolute atomic E-state index is 12.5. The molecule has 0 aromatic heterocycles. The monoisotopic (exact) mass is 393 g/mol. The molecule has 152 valence electrons. The van der Waals surface area contributed by atoms with E-state index in [1.807, 2.05) is 41.3 Å². The molecule has 0 aliphatic carbocycles. The van der Waals surface area contributed by atoms with Gasteiger partial charge in [-0.15, -0.1) is 0 Å². The molecule has 2 heterocycles. The molecule has 1 N–H and O–H groups in total. The summed E-state index contributed by atoms with van der Waals surface area (Å²) in [4.78, 5) is 28.3. The highest BCUT2D eigenvalue weighted by molar-refractivity contribution is 5.94. The van der Waals surface area contributed by atoms with E-state index in [9.17, 15) is 9.59 Å². The molecule has 1 fully saturated rings. The molecule has 6 nitrogen and oxygen atoms in total. The summed E-state index contributed by atoms with van der Waals surface area (Å²) in [6.07, 6.45) is 2.58. The van der Waals surface area contributed by atoms with Crippen LogP contribution in [0.25, 0.3) is 0 Å². The Balaban J connectivity index is 1.22.